The fourth-order valence-corrected chi connectivity index (χ4v) is 6.42. The summed E-state index contributed by atoms with van der Waals surface area (Å²) in [6.07, 6.45) is 12.3. The molecule has 2 aliphatic rings. The number of aryl methyl sites for hydroxylation is 3. The number of pyridine rings is 1. The minimum Gasteiger partial charge on any atom is -0.358 e. The molecule has 6 rings (SSSR count). The molecule has 36 heavy (non-hydrogen) atoms. The molecule has 1 saturated heterocycles. The van der Waals surface area contributed by atoms with Crippen molar-refractivity contribution in [1.29, 1.82) is 0 Å². The lowest BCUT2D eigenvalue weighted by Gasteiger charge is -2.33. The monoisotopic (exact) mass is 497 g/mol. The van der Waals surface area contributed by atoms with Gasteiger partial charge in [0.15, 0.2) is 5.16 Å². The third-order valence-electron chi connectivity index (χ3n) is 7.52. The summed E-state index contributed by atoms with van der Waals surface area (Å²) in [6, 6.07) is 10.2. The highest BCUT2D eigenvalue weighted by Crippen LogP contribution is 2.32. The van der Waals surface area contributed by atoms with E-state index in [-0.39, 0.29) is 11.8 Å². The summed E-state index contributed by atoms with van der Waals surface area (Å²) in [5, 5.41) is 2.01. The Morgan fingerprint density at radius 1 is 1.17 bits per heavy atom. The maximum absolute atomic E-state index is 13.6. The van der Waals surface area contributed by atoms with Crippen LogP contribution in [0.4, 0.5) is 0 Å². The van der Waals surface area contributed by atoms with Crippen molar-refractivity contribution in [2.75, 3.05) is 13.1 Å². The molecule has 1 amide bonds. The van der Waals surface area contributed by atoms with Crippen molar-refractivity contribution in [3.63, 3.8) is 0 Å². The molecule has 1 aromatic carbocycles. The Kier molecular flexibility index (Phi) is 6.48. The second-order valence-corrected chi connectivity index (χ2v) is 11.0. The van der Waals surface area contributed by atoms with Gasteiger partial charge in [0.25, 0.3) is 5.91 Å². The summed E-state index contributed by atoms with van der Waals surface area (Å²) in [6.45, 7) is 3.58. The zero-order valence-electron chi connectivity index (χ0n) is 20.7. The van der Waals surface area contributed by atoms with Gasteiger partial charge in [-0.3, -0.25) is 9.78 Å². The number of benzene rings is 1. The number of aromatic amines is 1. The van der Waals surface area contributed by atoms with E-state index in [1.165, 1.54) is 29.5 Å². The summed E-state index contributed by atoms with van der Waals surface area (Å²) in [5.41, 5.74) is 8.05. The molecule has 0 bridgehead atoms. The van der Waals surface area contributed by atoms with Crippen LogP contribution in [-0.2, 0) is 18.6 Å². The Balaban J connectivity index is 1.19. The van der Waals surface area contributed by atoms with Gasteiger partial charge in [-0.05, 0) is 86.4 Å². The topological polar surface area (TPSA) is 74.8 Å². The lowest BCUT2D eigenvalue weighted by Crippen LogP contribution is -2.39. The number of hydrogen-bond acceptors (Lipinski definition) is 5. The van der Waals surface area contributed by atoms with E-state index in [0.29, 0.717) is 6.54 Å². The van der Waals surface area contributed by atoms with Crippen LogP contribution in [0, 0.1) is 6.92 Å². The van der Waals surface area contributed by atoms with Crippen LogP contribution < -0.4 is 0 Å². The van der Waals surface area contributed by atoms with E-state index in [2.05, 4.69) is 40.1 Å². The fourth-order valence-electron chi connectivity index (χ4n) is 5.66. The first-order valence-electron chi connectivity index (χ1n) is 12.9. The third kappa shape index (κ3) is 4.64. The number of carbonyl (C=O) groups excluding carboxylic acids is 1. The highest BCUT2D eigenvalue weighted by molar-refractivity contribution is 7.98. The Morgan fingerprint density at radius 2 is 2.08 bits per heavy atom. The Hall–Kier alpha value is -3.19. The van der Waals surface area contributed by atoms with Gasteiger partial charge in [-0.25, -0.2) is 9.97 Å². The predicted molar refractivity (Wildman–Crippen MR) is 143 cm³/mol. The summed E-state index contributed by atoms with van der Waals surface area (Å²) in [4.78, 5) is 32.9. The van der Waals surface area contributed by atoms with Crippen LogP contribution in [0.3, 0.4) is 0 Å². The Bertz CT molecular complexity index is 1400. The van der Waals surface area contributed by atoms with Crippen molar-refractivity contribution in [1.82, 2.24) is 24.8 Å². The minimum atomic E-state index is 0.130. The number of thioether (sulfide) groups is 1. The second-order valence-electron chi connectivity index (χ2n) is 10.0. The van der Waals surface area contributed by atoms with E-state index in [1.54, 1.807) is 18.0 Å². The summed E-state index contributed by atoms with van der Waals surface area (Å²) >= 11 is 1.63. The first-order chi connectivity index (χ1) is 17.7. The van der Waals surface area contributed by atoms with Gasteiger partial charge < -0.3 is 9.88 Å². The van der Waals surface area contributed by atoms with E-state index in [0.717, 1.165) is 71.0 Å². The minimum absolute atomic E-state index is 0.130. The number of likely N-dealkylation sites (tertiary alicyclic amines) is 1. The lowest BCUT2D eigenvalue weighted by atomic mass is 9.91. The molecule has 1 fully saturated rings. The van der Waals surface area contributed by atoms with Crippen LogP contribution in [0.1, 0.15) is 70.0 Å². The maximum Gasteiger partial charge on any atom is 0.253 e. The van der Waals surface area contributed by atoms with Crippen LogP contribution in [0.15, 0.2) is 54.1 Å². The SMILES string of the molecule is Cc1cnc(SCc2cccnc2)nc1C1CCCN(C(=O)c2ccc3[nH]c4c(c3c2)CCCC4)C1. The zero-order valence-corrected chi connectivity index (χ0v) is 21.5. The molecular formula is C29H31N5OS. The standard InChI is InChI=1S/C29H31N5OS/c1-19-15-31-29(36-18-20-6-4-12-30-16-20)33-27(19)22-7-5-13-34(17-22)28(35)21-10-11-26-24(14-21)23-8-2-3-9-25(23)32-26/h4,6,10-12,14-16,22,32H,2-3,5,7-9,13,17-18H2,1H3. The average Bonchev–Trinajstić information content (AvgIpc) is 3.31. The molecule has 1 aliphatic heterocycles. The molecule has 0 saturated carbocycles. The zero-order chi connectivity index (χ0) is 24.5. The van der Waals surface area contributed by atoms with Crippen molar-refractivity contribution in [3.05, 3.63) is 82.6 Å². The molecular weight excluding hydrogens is 466 g/mol. The van der Waals surface area contributed by atoms with Crippen LogP contribution in [0.2, 0.25) is 0 Å². The van der Waals surface area contributed by atoms with Crippen molar-refractivity contribution >= 4 is 28.6 Å². The number of fused-ring (bicyclic) bond motifs is 3. The van der Waals surface area contributed by atoms with Crippen molar-refractivity contribution < 1.29 is 4.79 Å². The molecule has 1 unspecified atom stereocenters. The van der Waals surface area contributed by atoms with Gasteiger partial charge >= 0.3 is 0 Å². The number of nitrogens with one attached hydrogen (secondary N) is 1. The molecule has 1 atom stereocenters. The molecule has 0 radical (unpaired) electrons. The number of H-pyrrole nitrogens is 1. The van der Waals surface area contributed by atoms with E-state index in [1.807, 2.05) is 29.4 Å². The predicted octanol–water partition coefficient (Wildman–Crippen LogP) is 5.85. The summed E-state index contributed by atoms with van der Waals surface area (Å²) in [5.74, 6) is 1.15. The average molecular weight is 498 g/mol. The van der Waals surface area contributed by atoms with E-state index >= 15 is 0 Å². The quantitative estimate of drug-likeness (QED) is 0.276. The molecule has 3 aromatic heterocycles. The van der Waals surface area contributed by atoms with Gasteiger partial charge in [0.1, 0.15) is 0 Å². The number of amides is 1. The number of hydrogen-bond donors (Lipinski definition) is 1. The van der Waals surface area contributed by atoms with Gasteiger partial charge in [0.2, 0.25) is 0 Å². The van der Waals surface area contributed by atoms with E-state index in [4.69, 9.17) is 4.98 Å². The fraction of sp³-hybridized carbons (Fsp3) is 0.379. The van der Waals surface area contributed by atoms with Gasteiger partial charge in [0, 0.05) is 65.5 Å². The largest absolute Gasteiger partial charge is 0.358 e. The molecule has 7 heteroatoms. The van der Waals surface area contributed by atoms with Gasteiger partial charge in [-0.2, -0.15) is 0 Å². The van der Waals surface area contributed by atoms with Crippen molar-refractivity contribution in [2.24, 2.45) is 0 Å². The van der Waals surface area contributed by atoms with Gasteiger partial charge in [-0.1, -0.05) is 17.8 Å². The number of nitrogens with zero attached hydrogens (tertiary/aromatic N) is 4. The molecule has 0 spiro atoms. The van der Waals surface area contributed by atoms with E-state index < -0.39 is 0 Å². The lowest BCUT2D eigenvalue weighted by molar-refractivity contribution is 0.0705. The Morgan fingerprint density at radius 3 is 2.97 bits per heavy atom. The molecule has 4 heterocycles. The van der Waals surface area contributed by atoms with E-state index in [9.17, 15) is 4.79 Å². The highest BCUT2D eigenvalue weighted by Gasteiger charge is 2.28. The number of aromatic nitrogens is 4. The summed E-state index contributed by atoms with van der Waals surface area (Å²) < 4.78 is 0. The van der Waals surface area contributed by atoms with Crippen LogP contribution >= 0.6 is 11.8 Å². The second kappa shape index (κ2) is 10.1. The first-order valence-corrected chi connectivity index (χ1v) is 13.9. The number of carbonyl (C=O) groups is 1. The van der Waals surface area contributed by atoms with Crippen LogP contribution in [0.25, 0.3) is 10.9 Å². The molecule has 6 nitrogen and oxygen atoms in total. The summed E-state index contributed by atoms with van der Waals surface area (Å²) in [7, 11) is 0. The molecule has 4 aromatic rings. The first kappa shape index (κ1) is 23.2. The van der Waals surface area contributed by atoms with Gasteiger partial charge in [-0.15, -0.1) is 0 Å². The normalized spacial score (nSPS) is 17.8. The number of rotatable bonds is 5. The highest BCUT2D eigenvalue weighted by atomic mass is 32.2. The van der Waals surface area contributed by atoms with Crippen molar-refractivity contribution in [2.45, 2.75) is 62.3 Å². The molecule has 184 valence electrons. The van der Waals surface area contributed by atoms with Crippen molar-refractivity contribution in [3.8, 4) is 0 Å². The third-order valence-corrected chi connectivity index (χ3v) is 8.45. The Labute approximate surface area is 216 Å². The van der Waals surface area contributed by atoms with Gasteiger partial charge in [0.05, 0.1) is 5.69 Å². The van der Waals surface area contributed by atoms with Crippen LogP contribution in [0.5, 0.6) is 0 Å². The van der Waals surface area contributed by atoms with Crippen LogP contribution in [-0.4, -0.2) is 43.8 Å². The molecule has 1 aliphatic carbocycles. The smallest absolute Gasteiger partial charge is 0.253 e. The maximum atomic E-state index is 13.6. The molecule has 1 N–H and O–H groups in total. The number of piperidine rings is 1.